The molecule has 1 fully saturated rings. The van der Waals surface area contributed by atoms with E-state index >= 15 is 0 Å². The molecule has 4 heteroatoms. The van der Waals surface area contributed by atoms with Gasteiger partial charge in [0.1, 0.15) is 0 Å². The van der Waals surface area contributed by atoms with Gasteiger partial charge in [-0.3, -0.25) is 0 Å². The van der Waals surface area contributed by atoms with Crippen molar-refractivity contribution in [2.24, 2.45) is 0 Å². The van der Waals surface area contributed by atoms with Crippen LogP contribution in [0.25, 0.3) is 0 Å². The zero-order chi connectivity index (χ0) is 12.1. The Balaban J connectivity index is 2.65. The molecule has 1 aliphatic rings. The summed E-state index contributed by atoms with van der Waals surface area (Å²) < 4.78 is 15.8. The van der Waals surface area contributed by atoms with Crippen molar-refractivity contribution in [3.63, 3.8) is 0 Å². The lowest BCUT2D eigenvalue weighted by Gasteiger charge is -2.27. The Morgan fingerprint density at radius 1 is 1.50 bits per heavy atom. The predicted molar refractivity (Wildman–Crippen MR) is 59.9 cm³/mol. The van der Waals surface area contributed by atoms with Gasteiger partial charge in [0.15, 0.2) is 6.29 Å². The van der Waals surface area contributed by atoms with Crippen LogP contribution in [0.3, 0.4) is 0 Å². The Kier molecular flexibility index (Phi) is 4.96. The highest BCUT2D eigenvalue weighted by molar-refractivity contribution is 5.88. The summed E-state index contributed by atoms with van der Waals surface area (Å²) in [5.74, 6) is -0.264. The van der Waals surface area contributed by atoms with E-state index in [0.29, 0.717) is 18.6 Å². The van der Waals surface area contributed by atoms with E-state index in [1.165, 1.54) is 7.11 Å². The lowest BCUT2D eigenvalue weighted by Crippen LogP contribution is -2.27. The quantitative estimate of drug-likeness (QED) is 0.547. The third-order valence-electron chi connectivity index (χ3n) is 2.57. The van der Waals surface area contributed by atoms with Crippen LogP contribution in [-0.2, 0) is 19.0 Å². The lowest BCUT2D eigenvalue weighted by molar-refractivity contribution is -0.170. The minimum Gasteiger partial charge on any atom is -0.466 e. The molecular formula is C12H20O4. The number of carbonyl (C=O) groups is 1. The Morgan fingerprint density at radius 2 is 2.19 bits per heavy atom. The topological polar surface area (TPSA) is 44.8 Å². The smallest absolute Gasteiger partial charge is 0.333 e. The van der Waals surface area contributed by atoms with Crippen LogP contribution in [0, 0.1) is 0 Å². The van der Waals surface area contributed by atoms with Crippen LogP contribution < -0.4 is 0 Å². The monoisotopic (exact) mass is 228 g/mol. The van der Waals surface area contributed by atoms with Crippen molar-refractivity contribution < 1.29 is 19.0 Å². The van der Waals surface area contributed by atoms with Gasteiger partial charge in [-0.1, -0.05) is 5.57 Å². The van der Waals surface area contributed by atoms with Crippen LogP contribution in [0.5, 0.6) is 0 Å². The second kappa shape index (κ2) is 6.01. The van der Waals surface area contributed by atoms with E-state index < -0.39 is 0 Å². The largest absolute Gasteiger partial charge is 0.466 e. The molecule has 0 aliphatic carbocycles. The van der Waals surface area contributed by atoms with Crippen molar-refractivity contribution in [3.05, 3.63) is 11.1 Å². The lowest BCUT2D eigenvalue weighted by atomic mass is 10.0. The summed E-state index contributed by atoms with van der Waals surface area (Å²) in [6.45, 7) is 6.32. The van der Waals surface area contributed by atoms with Crippen molar-refractivity contribution in [2.45, 2.75) is 46.0 Å². The second-order valence-electron chi connectivity index (χ2n) is 4.16. The molecule has 1 aliphatic heterocycles. The highest BCUT2D eigenvalue weighted by atomic mass is 16.7. The molecule has 0 N–H and O–H groups in total. The van der Waals surface area contributed by atoms with Crippen molar-refractivity contribution in [1.82, 2.24) is 0 Å². The first-order valence-electron chi connectivity index (χ1n) is 5.58. The maximum Gasteiger partial charge on any atom is 0.333 e. The van der Waals surface area contributed by atoms with Gasteiger partial charge >= 0.3 is 5.97 Å². The fourth-order valence-corrected chi connectivity index (χ4v) is 1.70. The number of methoxy groups -OCH3 is 1. The maximum atomic E-state index is 11.4. The van der Waals surface area contributed by atoms with Crippen LogP contribution >= 0.6 is 0 Å². The second-order valence-corrected chi connectivity index (χ2v) is 4.16. The van der Waals surface area contributed by atoms with E-state index in [1.807, 2.05) is 13.8 Å². The molecule has 1 saturated heterocycles. The van der Waals surface area contributed by atoms with Gasteiger partial charge in [0.2, 0.25) is 0 Å². The van der Waals surface area contributed by atoms with Gasteiger partial charge in [-0.15, -0.1) is 0 Å². The summed E-state index contributed by atoms with van der Waals surface area (Å²) >= 11 is 0. The Bertz CT molecular complexity index is 281. The number of ether oxygens (including phenoxy) is 3. The van der Waals surface area contributed by atoms with Crippen LogP contribution in [0.15, 0.2) is 11.1 Å². The maximum absolute atomic E-state index is 11.4. The molecule has 0 spiro atoms. The Morgan fingerprint density at radius 3 is 2.75 bits per heavy atom. The predicted octanol–water partition coefficient (Wildman–Crippen LogP) is 2.04. The summed E-state index contributed by atoms with van der Waals surface area (Å²) in [6.07, 6.45) is 1.32. The average molecular weight is 228 g/mol. The highest BCUT2D eigenvalue weighted by Crippen LogP contribution is 2.24. The van der Waals surface area contributed by atoms with E-state index in [2.05, 4.69) is 0 Å². The zero-order valence-corrected chi connectivity index (χ0v) is 10.4. The van der Waals surface area contributed by atoms with Crippen molar-refractivity contribution in [1.29, 1.82) is 0 Å². The van der Waals surface area contributed by atoms with Crippen molar-refractivity contribution in [2.75, 3.05) is 13.7 Å². The molecule has 0 saturated carbocycles. The molecule has 1 atom stereocenters. The Labute approximate surface area is 96.6 Å². The summed E-state index contributed by atoms with van der Waals surface area (Å²) in [5.41, 5.74) is 1.76. The first-order chi connectivity index (χ1) is 7.54. The fourth-order valence-electron chi connectivity index (χ4n) is 1.70. The fraction of sp³-hybridized carbons (Fsp3) is 0.750. The third kappa shape index (κ3) is 3.61. The molecule has 4 nitrogen and oxygen atoms in total. The van der Waals surface area contributed by atoms with Crippen molar-refractivity contribution >= 4 is 5.97 Å². The number of esters is 1. The van der Waals surface area contributed by atoms with Gasteiger partial charge in [-0.2, -0.15) is 0 Å². The van der Waals surface area contributed by atoms with Crippen molar-refractivity contribution in [3.8, 4) is 0 Å². The molecule has 0 bridgehead atoms. The van der Waals surface area contributed by atoms with E-state index in [1.54, 1.807) is 6.92 Å². The summed E-state index contributed by atoms with van der Waals surface area (Å²) in [7, 11) is 1.40. The first kappa shape index (κ1) is 13.2. The molecule has 0 amide bonds. The number of hydrogen-bond acceptors (Lipinski definition) is 4. The average Bonchev–Trinajstić information content (AvgIpc) is 2.26. The number of hydrogen-bond donors (Lipinski definition) is 0. The molecule has 16 heavy (non-hydrogen) atoms. The summed E-state index contributed by atoms with van der Waals surface area (Å²) in [5, 5.41) is 0. The SMILES string of the molecule is COC(=O)/C(C)=C1/CCOC(OC(C)C)C1. The molecule has 0 aromatic rings. The third-order valence-corrected chi connectivity index (χ3v) is 2.57. The van der Waals surface area contributed by atoms with E-state index in [9.17, 15) is 4.79 Å². The molecule has 1 heterocycles. The normalized spacial score (nSPS) is 24.4. The molecule has 0 aromatic carbocycles. The van der Waals surface area contributed by atoms with Crippen LogP contribution in [-0.4, -0.2) is 32.1 Å². The standard InChI is InChI=1S/C12H20O4/c1-8(2)16-11-7-10(5-6-15-11)9(3)12(13)14-4/h8,11H,5-7H2,1-4H3/b10-9-. The highest BCUT2D eigenvalue weighted by Gasteiger charge is 2.22. The molecular weight excluding hydrogens is 208 g/mol. The van der Waals surface area contributed by atoms with Gasteiger partial charge in [-0.25, -0.2) is 4.79 Å². The van der Waals surface area contributed by atoms with Gasteiger partial charge in [-0.05, 0) is 27.2 Å². The first-order valence-corrected chi connectivity index (χ1v) is 5.58. The Hall–Kier alpha value is -0.870. The van der Waals surface area contributed by atoms with Gasteiger partial charge in [0.25, 0.3) is 0 Å². The van der Waals surface area contributed by atoms with E-state index in [-0.39, 0.29) is 18.4 Å². The molecule has 92 valence electrons. The van der Waals surface area contributed by atoms with E-state index in [0.717, 1.165) is 12.0 Å². The van der Waals surface area contributed by atoms with E-state index in [4.69, 9.17) is 14.2 Å². The minimum atomic E-state index is -0.264. The van der Waals surface area contributed by atoms with Gasteiger partial charge in [0, 0.05) is 12.0 Å². The summed E-state index contributed by atoms with van der Waals surface area (Å²) in [4.78, 5) is 11.4. The summed E-state index contributed by atoms with van der Waals surface area (Å²) in [6, 6.07) is 0. The molecule has 0 aromatic heterocycles. The van der Waals surface area contributed by atoms with Gasteiger partial charge < -0.3 is 14.2 Å². The molecule has 0 radical (unpaired) electrons. The molecule has 1 rings (SSSR count). The molecule has 1 unspecified atom stereocenters. The van der Waals surface area contributed by atoms with Crippen LogP contribution in [0.4, 0.5) is 0 Å². The van der Waals surface area contributed by atoms with Gasteiger partial charge in [0.05, 0.1) is 19.8 Å². The number of carbonyl (C=O) groups excluding carboxylic acids is 1. The van der Waals surface area contributed by atoms with Crippen LogP contribution in [0.1, 0.15) is 33.6 Å². The number of rotatable bonds is 3. The minimum absolute atomic E-state index is 0.128. The zero-order valence-electron chi connectivity index (χ0n) is 10.4. The van der Waals surface area contributed by atoms with Crippen LogP contribution in [0.2, 0.25) is 0 Å².